The number of likely N-dealkylation sites (tertiary alicyclic amines) is 1. The predicted octanol–water partition coefficient (Wildman–Crippen LogP) is 3.54. The zero-order valence-corrected chi connectivity index (χ0v) is 17.1. The van der Waals surface area contributed by atoms with Crippen LogP contribution in [0.15, 0.2) is 53.3 Å². The minimum atomic E-state index is -0.0903. The third kappa shape index (κ3) is 4.64. The third-order valence-corrected chi connectivity index (χ3v) is 5.36. The highest BCUT2D eigenvalue weighted by Gasteiger charge is 2.29. The first-order valence-electron chi connectivity index (χ1n) is 10.2. The van der Waals surface area contributed by atoms with Crippen molar-refractivity contribution in [3.05, 3.63) is 60.2 Å². The van der Waals surface area contributed by atoms with Crippen molar-refractivity contribution in [2.75, 3.05) is 13.7 Å². The van der Waals surface area contributed by atoms with Crippen LogP contribution in [0.1, 0.15) is 41.9 Å². The van der Waals surface area contributed by atoms with Crippen LogP contribution in [0.2, 0.25) is 0 Å². The van der Waals surface area contributed by atoms with Gasteiger partial charge in [-0.05, 0) is 43.9 Å². The fourth-order valence-electron chi connectivity index (χ4n) is 3.80. The van der Waals surface area contributed by atoms with E-state index in [1.54, 1.807) is 19.4 Å². The van der Waals surface area contributed by atoms with Gasteiger partial charge in [-0.2, -0.15) is 5.10 Å². The van der Waals surface area contributed by atoms with E-state index < -0.39 is 0 Å². The molecule has 1 amide bonds. The van der Waals surface area contributed by atoms with Gasteiger partial charge in [0.2, 0.25) is 0 Å². The van der Waals surface area contributed by atoms with Crippen molar-refractivity contribution in [1.82, 2.24) is 19.8 Å². The Hall–Kier alpha value is -3.29. The van der Waals surface area contributed by atoms with Gasteiger partial charge in [0.05, 0.1) is 7.11 Å². The topological polar surface area (TPSA) is 82.6 Å². The van der Waals surface area contributed by atoms with Crippen LogP contribution in [0.5, 0.6) is 11.5 Å². The molecular formula is C22H26N4O4. The average molecular weight is 410 g/mol. The Balaban J connectivity index is 1.38. The van der Waals surface area contributed by atoms with Crippen LogP contribution in [-0.4, -0.2) is 45.4 Å². The Morgan fingerprint density at radius 2 is 2.10 bits per heavy atom. The van der Waals surface area contributed by atoms with Crippen LogP contribution in [-0.2, 0) is 13.2 Å². The maximum atomic E-state index is 13.1. The molecular weight excluding hydrogens is 384 g/mol. The molecule has 2 aromatic heterocycles. The number of aromatic nitrogens is 3. The van der Waals surface area contributed by atoms with Crippen molar-refractivity contribution in [2.45, 2.75) is 44.9 Å². The lowest BCUT2D eigenvalue weighted by Crippen LogP contribution is -2.44. The molecule has 0 spiro atoms. The van der Waals surface area contributed by atoms with Gasteiger partial charge in [0.15, 0.2) is 23.0 Å². The van der Waals surface area contributed by atoms with E-state index in [1.807, 2.05) is 46.1 Å². The number of rotatable bonds is 8. The quantitative estimate of drug-likeness (QED) is 0.565. The zero-order chi connectivity index (χ0) is 20.8. The van der Waals surface area contributed by atoms with Gasteiger partial charge in [-0.1, -0.05) is 17.3 Å². The summed E-state index contributed by atoms with van der Waals surface area (Å²) in [4.78, 5) is 15.0. The second-order valence-electron chi connectivity index (χ2n) is 7.32. The molecule has 8 heteroatoms. The number of hydrogen-bond donors (Lipinski definition) is 0. The lowest BCUT2D eigenvalue weighted by molar-refractivity contribution is 0.0583. The smallest absolute Gasteiger partial charge is 0.276 e. The summed E-state index contributed by atoms with van der Waals surface area (Å²) < 4.78 is 18.3. The van der Waals surface area contributed by atoms with E-state index in [2.05, 4.69) is 10.3 Å². The Bertz CT molecular complexity index is 954. The number of piperidine rings is 1. The number of ether oxygens (including phenoxy) is 2. The molecule has 1 aliphatic heterocycles. The molecule has 0 N–H and O–H groups in total. The summed E-state index contributed by atoms with van der Waals surface area (Å²) in [7, 11) is 1.59. The highest BCUT2D eigenvalue weighted by molar-refractivity contribution is 5.92. The van der Waals surface area contributed by atoms with Crippen LogP contribution in [0.4, 0.5) is 0 Å². The van der Waals surface area contributed by atoms with Gasteiger partial charge in [-0.25, -0.2) is 0 Å². The summed E-state index contributed by atoms with van der Waals surface area (Å²) in [6, 6.07) is 11.1. The Labute approximate surface area is 175 Å². The van der Waals surface area contributed by atoms with Crippen molar-refractivity contribution >= 4 is 5.91 Å². The normalized spacial score (nSPS) is 16.4. The van der Waals surface area contributed by atoms with E-state index in [-0.39, 0.29) is 18.6 Å². The van der Waals surface area contributed by atoms with Gasteiger partial charge in [0.1, 0.15) is 6.61 Å². The number of amides is 1. The first kappa shape index (κ1) is 20.0. The van der Waals surface area contributed by atoms with Crippen molar-refractivity contribution < 1.29 is 18.8 Å². The molecule has 1 saturated heterocycles. The molecule has 1 aromatic carbocycles. The summed E-state index contributed by atoms with van der Waals surface area (Å²) in [5.41, 5.74) is 0.319. The summed E-state index contributed by atoms with van der Waals surface area (Å²) in [5.74, 6) is 1.66. The number of para-hydroxylation sites is 2. The molecule has 158 valence electrons. The largest absolute Gasteiger partial charge is 0.493 e. The molecule has 0 saturated carbocycles. The molecule has 1 unspecified atom stereocenters. The number of nitrogens with zero attached hydrogens (tertiary/aromatic N) is 4. The Morgan fingerprint density at radius 1 is 1.23 bits per heavy atom. The lowest BCUT2D eigenvalue weighted by Gasteiger charge is -2.35. The monoisotopic (exact) mass is 410 g/mol. The molecule has 8 nitrogen and oxygen atoms in total. The number of aryl methyl sites for hydroxylation is 1. The molecule has 4 rings (SSSR count). The van der Waals surface area contributed by atoms with Crippen molar-refractivity contribution in [2.24, 2.45) is 0 Å². The maximum absolute atomic E-state index is 13.1. The van der Waals surface area contributed by atoms with Gasteiger partial charge in [-0.15, -0.1) is 0 Å². The fourth-order valence-corrected chi connectivity index (χ4v) is 3.80. The van der Waals surface area contributed by atoms with Gasteiger partial charge < -0.3 is 18.9 Å². The number of carbonyl (C=O) groups is 1. The van der Waals surface area contributed by atoms with Crippen molar-refractivity contribution in [3.63, 3.8) is 0 Å². The van der Waals surface area contributed by atoms with Gasteiger partial charge in [0, 0.05) is 37.6 Å². The standard InChI is InChI=1S/C22H26N4O4/c1-28-20-8-2-3-9-21(20)29-16-18-15-19(24-30-18)22(27)26-13-5-4-7-17(26)10-14-25-12-6-11-23-25/h2-3,6,8-9,11-12,15,17H,4-5,7,10,13-14,16H2,1H3. The van der Waals surface area contributed by atoms with E-state index in [0.717, 1.165) is 38.8 Å². The molecule has 3 aromatic rings. The Kier molecular flexibility index (Phi) is 6.32. The number of hydrogen-bond acceptors (Lipinski definition) is 6. The van der Waals surface area contributed by atoms with Crippen LogP contribution in [0, 0.1) is 0 Å². The average Bonchev–Trinajstić information content (AvgIpc) is 3.48. The molecule has 1 atom stereocenters. The van der Waals surface area contributed by atoms with Gasteiger partial charge in [0.25, 0.3) is 5.91 Å². The lowest BCUT2D eigenvalue weighted by atomic mass is 9.99. The first-order chi connectivity index (χ1) is 14.7. The Morgan fingerprint density at radius 3 is 2.90 bits per heavy atom. The second-order valence-corrected chi connectivity index (χ2v) is 7.32. The van der Waals surface area contributed by atoms with Crippen LogP contribution >= 0.6 is 0 Å². The number of benzene rings is 1. The highest BCUT2D eigenvalue weighted by atomic mass is 16.5. The maximum Gasteiger partial charge on any atom is 0.276 e. The van der Waals surface area contributed by atoms with Gasteiger partial charge in [-0.3, -0.25) is 9.48 Å². The minimum Gasteiger partial charge on any atom is -0.493 e. The molecule has 30 heavy (non-hydrogen) atoms. The molecule has 3 heterocycles. The second kappa shape index (κ2) is 9.47. The predicted molar refractivity (Wildman–Crippen MR) is 109 cm³/mol. The van der Waals surface area contributed by atoms with E-state index in [1.165, 1.54) is 0 Å². The highest BCUT2D eigenvalue weighted by Crippen LogP contribution is 2.27. The van der Waals surface area contributed by atoms with Crippen LogP contribution < -0.4 is 9.47 Å². The van der Waals surface area contributed by atoms with Gasteiger partial charge >= 0.3 is 0 Å². The molecule has 0 radical (unpaired) electrons. The first-order valence-corrected chi connectivity index (χ1v) is 10.2. The van der Waals surface area contributed by atoms with E-state index in [9.17, 15) is 4.79 Å². The summed E-state index contributed by atoms with van der Waals surface area (Å²) >= 11 is 0. The van der Waals surface area contributed by atoms with Crippen molar-refractivity contribution in [3.8, 4) is 11.5 Å². The summed E-state index contributed by atoms with van der Waals surface area (Å²) in [5, 5.41) is 8.25. The SMILES string of the molecule is COc1ccccc1OCc1cc(C(=O)N2CCCCC2CCn2cccn2)no1. The van der Waals surface area contributed by atoms with Crippen LogP contribution in [0.25, 0.3) is 0 Å². The van der Waals surface area contributed by atoms with Crippen LogP contribution in [0.3, 0.4) is 0 Å². The zero-order valence-electron chi connectivity index (χ0n) is 17.1. The molecule has 1 fully saturated rings. The number of carbonyl (C=O) groups excluding carboxylic acids is 1. The summed E-state index contributed by atoms with van der Waals surface area (Å²) in [6.07, 6.45) is 7.72. The van der Waals surface area contributed by atoms with E-state index in [0.29, 0.717) is 23.0 Å². The molecule has 0 aliphatic carbocycles. The fraction of sp³-hybridized carbons (Fsp3) is 0.409. The molecule has 1 aliphatic rings. The number of methoxy groups -OCH3 is 1. The third-order valence-electron chi connectivity index (χ3n) is 5.36. The van der Waals surface area contributed by atoms with Crippen molar-refractivity contribution in [1.29, 1.82) is 0 Å². The van der Waals surface area contributed by atoms with E-state index >= 15 is 0 Å². The molecule has 0 bridgehead atoms. The minimum absolute atomic E-state index is 0.0903. The van der Waals surface area contributed by atoms with E-state index in [4.69, 9.17) is 14.0 Å². The summed E-state index contributed by atoms with van der Waals surface area (Å²) in [6.45, 7) is 1.70.